The summed E-state index contributed by atoms with van der Waals surface area (Å²) in [6.45, 7) is 0.570. The Labute approximate surface area is 145 Å². The number of carbonyl (C=O) groups is 2. The molecule has 128 valence electrons. The van der Waals surface area contributed by atoms with Gasteiger partial charge in [0.25, 0.3) is 0 Å². The van der Waals surface area contributed by atoms with Gasteiger partial charge >= 0.3 is 12.0 Å². The fourth-order valence-corrected chi connectivity index (χ4v) is 4.21. The number of nitrogens with zero attached hydrogens (tertiary/aromatic N) is 1. The molecule has 0 bridgehead atoms. The van der Waals surface area contributed by atoms with E-state index in [1.165, 1.54) is 10.1 Å². The number of carboxylic acids is 1. The van der Waals surface area contributed by atoms with Gasteiger partial charge in [-0.3, -0.25) is 4.79 Å². The summed E-state index contributed by atoms with van der Waals surface area (Å²) in [5, 5.41) is 15.4. The first-order valence-electron chi connectivity index (χ1n) is 8.24. The molecule has 24 heavy (non-hydrogen) atoms. The van der Waals surface area contributed by atoms with Gasteiger partial charge in [0.05, 0.1) is 5.92 Å². The van der Waals surface area contributed by atoms with Crippen molar-refractivity contribution in [3.8, 4) is 0 Å². The normalized spacial score (nSPS) is 20.7. The van der Waals surface area contributed by atoms with E-state index in [1.54, 1.807) is 23.3 Å². The lowest BCUT2D eigenvalue weighted by atomic mass is 9.86. The number of carbonyl (C=O) groups excluding carboxylic acids is 1. The molecule has 0 unspecified atom stereocenters. The average Bonchev–Trinajstić information content (AvgIpc) is 2.98. The molecule has 1 heterocycles. The number of hydrogen-bond acceptors (Lipinski definition) is 3. The number of benzene rings is 1. The van der Waals surface area contributed by atoms with Gasteiger partial charge in [-0.2, -0.15) is 0 Å². The summed E-state index contributed by atoms with van der Waals surface area (Å²) in [6.07, 6.45) is 2.74. The van der Waals surface area contributed by atoms with E-state index in [4.69, 9.17) is 5.11 Å². The molecule has 3 rings (SSSR count). The minimum Gasteiger partial charge on any atom is -0.481 e. The molecule has 1 aliphatic rings. The van der Waals surface area contributed by atoms with Crippen molar-refractivity contribution in [3.05, 3.63) is 35.2 Å². The summed E-state index contributed by atoms with van der Waals surface area (Å²) in [7, 11) is 1.80. The molecule has 1 aliphatic carbocycles. The van der Waals surface area contributed by atoms with Crippen molar-refractivity contribution in [1.82, 2.24) is 10.2 Å². The van der Waals surface area contributed by atoms with Crippen LogP contribution in [0, 0.1) is 5.92 Å². The highest BCUT2D eigenvalue weighted by Gasteiger charge is 2.27. The molecule has 0 atom stereocenters. The predicted molar refractivity (Wildman–Crippen MR) is 95.2 cm³/mol. The van der Waals surface area contributed by atoms with Crippen LogP contribution in [0.4, 0.5) is 4.79 Å². The standard InChI is InChI=1S/C18H22N2O3S/c1-20(10-13-11-24-16-5-3-2-4-15(13)16)18(23)19-14-8-6-12(7-9-14)17(21)22/h2-5,11-12,14H,6-10H2,1H3,(H,19,23)(H,21,22). The number of carboxylic acid groups (broad SMARTS) is 1. The maximum Gasteiger partial charge on any atom is 0.317 e. The van der Waals surface area contributed by atoms with Crippen LogP contribution in [0.15, 0.2) is 29.6 Å². The Balaban J connectivity index is 1.55. The number of urea groups is 1. The van der Waals surface area contributed by atoms with Gasteiger partial charge in [0.2, 0.25) is 0 Å². The molecule has 2 aromatic rings. The zero-order chi connectivity index (χ0) is 17.1. The number of hydrogen-bond donors (Lipinski definition) is 2. The van der Waals surface area contributed by atoms with Crippen LogP contribution in [0.2, 0.25) is 0 Å². The second-order valence-corrected chi connectivity index (χ2v) is 7.36. The van der Waals surface area contributed by atoms with Gasteiger partial charge in [-0.25, -0.2) is 4.79 Å². The molecule has 0 spiro atoms. The fourth-order valence-electron chi connectivity index (χ4n) is 3.25. The van der Waals surface area contributed by atoms with E-state index in [9.17, 15) is 9.59 Å². The summed E-state index contributed by atoms with van der Waals surface area (Å²) in [5.74, 6) is -0.978. The Morgan fingerprint density at radius 3 is 2.67 bits per heavy atom. The quantitative estimate of drug-likeness (QED) is 0.887. The van der Waals surface area contributed by atoms with Crippen molar-refractivity contribution in [3.63, 3.8) is 0 Å². The topological polar surface area (TPSA) is 69.6 Å². The van der Waals surface area contributed by atoms with E-state index in [0.29, 0.717) is 19.4 Å². The molecule has 0 radical (unpaired) electrons. The highest BCUT2D eigenvalue weighted by atomic mass is 32.1. The van der Waals surface area contributed by atoms with Crippen LogP contribution in [0.1, 0.15) is 31.2 Å². The Morgan fingerprint density at radius 1 is 1.25 bits per heavy atom. The molecule has 1 saturated carbocycles. The first kappa shape index (κ1) is 16.8. The van der Waals surface area contributed by atoms with Crippen LogP contribution in [0.25, 0.3) is 10.1 Å². The molecule has 5 nitrogen and oxygen atoms in total. The average molecular weight is 346 g/mol. The van der Waals surface area contributed by atoms with Crippen molar-refractivity contribution in [2.75, 3.05) is 7.05 Å². The number of aliphatic carboxylic acids is 1. The van der Waals surface area contributed by atoms with Crippen LogP contribution in [-0.4, -0.2) is 35.1 Å². The summed E-state index contributed by atoms with van der Waals surface area (Å²) < 4.78 is 1.23. The maximum atomic E-state index is 12.4. The summed E-state index contributed by atoms with van der Waals surface area (Å²) in [5.41, 5.74) is 1.16. The van der Waals surface area contributed by atoms with E-state index in [1.807, 2.05) is 12.1 Å². The highest BCUT2D eigenvalue weighted by Crippen LogP contribution is 2.27. The van der Waals surface area contributed by atoms with Crippen LogP contribution in [0.3, 0.4) is 0 Å². The molecular weight excluding hydrogens is 324 g/mol. The van der Waals surface area contributed by atoms with Crippen molar-refractivity contribution in [1.29, 1.82) is 0 Å². The van der Waals surface area contributed by atoms with E-state index in [2.05, 4.69) is 22.8 Å². The van der Waals surface area contributed by atoms with E-state index >= 15 is 0 Å². The third-order valence-corrected chi connectivity index (χ3v) is 5.73. The number of fused-ring (bicyclic) bond motifs is 1. The van der Waals surface area contributed by atoms with Gasteiger partial charge in [0.1, 0.15) is 0 Å². The molecule has 1 aromatic carbocycles. The van der Waals surface area contributed by atoms with Crippen LogP contribution in [-0.2, 0) is 11.3 Å². The van der Waals surface area contributed by atoms with Crippen molar-refractivity contribution in [2.24, 2.45) is 5.92 Å². The predicted octanol–water partition coefficient (Wildman–Crippen LogP) is 3.69. The zero-order valence-corrected chi connectivity index (χ0v) is 14.5. The molecule has 0 aliphatic heterocycles. The summed E-state index contributed by atoms with van der Waals surface area (Å²) in [4.78, 5) is 25.1. The molecule has 1 fully saturated rings. The first-order valence-corrected chi connectivity index (χ1v) is 9.12. The van der Waals surface area contributed by atoms with E-state index < -0.39 is 5.97 Å². The molecule has 2 N–H and O–H groups in total. The van der Waals surface area contributed by atoms with E-state index in [0.717, 1.165) is 18.4 Å². The lowest BCUT2D eigenvalue weighted by Gasteiger charge is -2.28. The lowest BCUT2D eigenvalue weighted by molar-refractivity contribution is -0.142. The Bertz CT molecular complexity index is 735. The minimum absolute atomic E-state index is 0.0785. The van der Waals surface area contributed by atoms with Crippen molar-refractivity contribution < 1.29 is 14.7 Å². The fraction of sp³-hybridized carbons (Fsp3) is 0.444. The second-order valence-electron chi connectivity index (χ2n) is 6.45. The number of amides is 2. The number of nitrogens with one attached hydrogen (secondary N) is 1. The monoisotopic (exact) mass is 346 g/mol. The molecule has 0 saturated heterocycles. The van der Waals surface area contributed by atoms with Crippen molar-refractivity contribution >= 4 is 33.4 Å². The number of rotatable bonds is 4. The Morgan fingerprint density at radius 2 is 1.96 bits per heavy atom. The van der Waals surface area contributed by atoms with Crippen LogP contribution < -0.4 is 5.32 Å². The van der Waals surface area contributed by atoms with Gasteiger partial charge in [0.15, 0.2) is 0 Å². The largest absolute Gasteiger partial charge is 0.481 e. The molecular formula is C18H22N2O3S. The van der Waals surface area contributed by atoms with Gasteiger partial charge < -0.3 is 15.3 Å². The highest BCUT2D eigenvalue weighted by molar-refractivity contribution is 7.17. The minimum atomic E-state index is -0.721. The van der Waals surface area contributed by atoms with Gasteiger partial charge in [0, 0.05) is 24.3 Å². The van der Waals surface area contributed by atoms with E-state index in [-0.39, 0.29) is 18.0 Å². The Kier molecular flexibility index (Phi) is 5.04. The van der Waals surface area contributed by atoms with Gasteiger partial charge in [-0.15, -0.1) is 11.3 Å². The molecule has 1 aromatic heterocycles. The molecule has 2 amide bonds. The first-order chi connectivity index (χ1) is 11.5. The number of thiophene rings is 1. The summed E-state index contributed by atoms with van der Waals surface area (Å²) in [6, 6.07) is 8.19. The lowest BCUT2D eigenvalue weighted by Crippen LogP contribution is -2.44. The van der Waals surface area contributed by atoms with Gasteiger partial charge in [-0.05, 0) is 48.1 Å². The summed E-state index contributed by atoms with van der Waals surface area (Å²) >= 11 is 1.69. The van der Waals surface area contributed by atoms with Crippen molar-refractivity contribution in [2.45, 2.75) is 38.3 Å². The smallest absolute Gasteiger partial charge is 0.317 e. The van der Waals surface area contributed by atoms with Crippen LogP contribution >= 0.6 is 11.3 Å². The maximum absolute atomic E-state index is 12.4. The van der Waals surface area contributed by atoms with Gasteiger partial charge in [-0.1, -0.05) is 18.2 Å². The Hall–Kier alpha value is -2.08. The third kappa shape index (κ3) is 3.70. The second kappa shape index (κ2) is 7.21. The molecule has 6 heteroatoms. The SMILES string of the molecule is CN(Cc1csc2ccccc12)C(=O)NC1CCC(C(=O)O)CC1. The third-order valence-electron chi connectivity index (χ3n) is 4.72. The zero-order valence-electron chi connectivity index (χ0n) is 13.7. The van der Waals surface area contributed by atoms with Crippen LogP contribution in [0.5, 0.6) is 0 Å².